The van der Waals surface area contributed by atoms with Gasteiger partial charge in [0.25, 0.3) is 5.91 Å². The first-order valence-electron chi connectivity index (χ1n) is 8.15. The van der Waals surface area contributed by atoms with Crippen molar-refractivity contribution in [1.82, 2.24) is 4.90 Å². The second-order valence-corrected chi connectivity index (χ2v) is 5.77. The molecule has 3 N–H and O–H groups in total. The van der Waals surface area contributed by atoms with Crippen molar-refractivity contribution < 1.29 is 14.3 Å². The molecule has 1 aliphatic rings. The van der Waals surface area contributed by atoms with E-state index in [4.69, 9.17) is 10.5 Å². The second kappa shape index (κ2) is 7.97. The summed E-state index contributed by atoms with van der Waals surface area (Å²) < 4.78 is 5.52. The van der Waals surface area contributed by atoms with Crippen LogP contribution in [-0.2, 0) is 4.79 Å². The van der Waals surface area contributed by atoms with E-state index in [1.165, 1.54) is 6.42 Å². The maximum Gasteiger partial charge on any atom is 0.253 e. The largest absolute Gasteiger partial charge is 0.492 e. The summed E-state index contributed by atoms with van der Waals surface area (Å²) in [6.45, 7) is 5.52. The zero-order valence-electron chi connectivity index (χ0n) is 13.8. The standard InChI is InChI=1S/C17H25N3O3/c1-3-23-15-8-7-13(11-14(15)19-16(21)12(2)18)17(22)20-9-5-4-6-10-20/h7-8,11-12H,3-6,9-10,18H2,1-2H3,(H,19,21)/t12-/m0/s1. The van der Waals surface area contributed by atoms with Gasteiger partial charge in [0, 0.05) is 18.7 Å². The highest BCUT2D eigenvalue weighted by atomic mass is 16.5. The van der Waals surface area contributed by atoms with Crippen LogP contribution in [0.25, 0.3) is 0 Å². The molecule has 0 aromatic heterocycles. The third kappa shape index (κ3) is 4.45. The number of nitrogens with zero attached hydrogens (tertiary/aromatic N) is 1. The zero-order chi connectivity index (χ0) is 16.8. The van der Waals surface area contributed by atoms with Gasteiger partial charge in [-0.05, 0) is 51.3 Å². The summed E-state index contributed by atoms with van der Waals surface area (Å²) in [7, 11) is 0. The molecule has 126 valence electrons. The van der Waals surface area contributed by atoms with Gasteiger partial charge in [-0.1, -0.05) is 0 Å². The fourth-order valence-corrected chi connectivity index (χ4v) is 2.57. The third-order valence-corrected chi connectivity index (χ3v) is 3.84. The van der Waals surface area contributed by atoms with E-state index in [9.17, 15) is 9.59 Å². The summed E-state index contributed by atoms with van der Waals surface area (Å²) in [6.07, 6.45) is 3.25. The molecule has 0 spiro atoms. The smallest absolute Gasteiger partial charge is 0.253 e. The van der Waals surface area contributed by atoms with Crippen molar-refractivity contribution in [2.75, 3.05) is 25.0 Å². The molecule has 0 saturated carbocycles. The molecule has 1 heterocycles. The van der Waals surface area contributed by atoms with Crippen LogP contribution in [0.4, 0.5) is 5.69 Å². The van der Waals surface area contributed by atoms with E-state index in [0.717, 1.165) is 25.9 Å². The summed E-state index contributed by atoms with van der Waals surface area (Å²) in [5, 5.41) is 2.73. The van der Waals surface area contributed by atoms with E-state index >= 15 is 0 Å². The number of benzene rings is 1. The second-order valence-electron chi connectivity index (χ2n) is 5.77. The maximum atomic E-state index is 12.6. The first-order chi connectivity index (χ1) is 11.0. The lowest BCUT2D eigenvalue weighted by molar-refractivity contribution is -0.117. The van der Waals surface area contributed by atoms with Gasteiger partial charge in [0.15, 0.2) is 0 Å². The van der Waals surface area contributed by atoms with Crippen LogP contribution in [0.2, 0.25) is 0 Å². The van der Waals surface area contributed by atoms with Crippen LogP contribution >= 0.6 is 0 Å². The van der Waals surface area contributed by atoms with Crippen LogP contribution in [0.1, 0.15) is 43.5 Å². The number of hydrogen-bond acceptors (Lipinski definition) is 4. The number of amides is 2. The van der Waals surface area contributed by atoms with Gasteiger partial charge < -0.3 is 20.7 Å². The van der Waals surface area contributed by atoms with Crippen molar-refractivity contribution in [2.24, 2.45) is 5.73 Å². The molecule has 1 saturated heterocycles. The highest BCUT2D eigenvalue weighted by Crippen LogP contribution is 2.27. The maximum absolute atomic E-state index is 12.6. The summed E-state index contributed by atoms with van der Waals surface area (Å²) in [5.74, 6) is 0.217. The molecule has 0 unspecified atom stereocenters. The van der Waals surface area contributed by atoms with Crippen molar-refractivity contribution in [3.63, 3.8) is 0 Å². The first kappa shape index (κ1) is 17.3. The quantitative estimate of drug-likeness (QED) is 0.869. The summed E-state index contributed by atoms with van der Waals surface area (Å²) in [5.41, 5.74) is 6.63. The normalized spacial score (nSPS) is 15.9. The summed E-state index contributed by atoms with van der Waals surface area (Å²) in [6, 6.07) is 4.49. The van der Waals surface area contributed by atoms with Gasteiger partial charge >= 0.3 is 0 Å². The third-order valence-electron chi connectivity index (χ3n) is 3.84. The molecule has 1 aliphatic heterocycles. The average Bonchev–Trinajstić information content (AvgIpc) is 2.56. The minimum Gasteiger partial charge on any atom is -0.492 e. The summed E-state index contributed by atoms with van der Waals surface area (Å²) in [4.78, 5) is 26.3. The van der Waals surface area contributed by atoms with Gasteiger partial charge in [0.05, 0.1) is 18.3 Å². The molecule has 1 aromatic carbocycles. The Bertz CT molecular complexity index is 566. The Morgan fingerprint density at radius 1 is 1.30 bits per heavy atom. The predicted molar refractivity (Wildman–Crippen MR) is 89.6 cm³/mol. The number of anilines is 1. The van der Waals surface area contributed by atoms with Crippen LogP contribution < -0.4 is 15.8 Å². The topological polar surface area (TPSA) is 84.7 Å². The number of ether oxygens (including phenoxy) is 1. The van der Waals surface area contributed by atoms with Crippen molar-refractivity contribution in [2.45, 2.75) is 39.2 Å². The lowest BCUT2D eigenvalue weighted by atomic mass is 10.1. The van der Waals surface area contributed by atoms with Crippen molar-refractivity contribution in [1.29, 1.82) is 0 Å². The van der Waals surface area contributed by atoms with Gasteiger partial charge in [-0.25, -0.2) is 0 Å². The molecule has 0 radical (unpaired) electrons. The number of nitrogens with one attached hydrogen (secondary N) is 1. The lowest BCUT2D eigenvalue weighted by Crippen LogP contribution is -2.36. The molecule has 6 nitrogen and oxygen atoms in total. The molecule has 1 atom stereocenters. The number of carbonyl (C=O) groups excluding carboxylic acids is 2. The van der Waals surface area contributed by atoms with Crippen LogP contribution in [0.15, 0.2) is 18.2 Å². The predicted octanol–water partition coefficient (Wildman–Crippen LogP) is 2.00. The fraction of sp³-hybridized carbons (Fsp3) is 0.529. The van der Waals surface area contributed by atoms with Crippen molar-refractivity contribution in [3.05, 3.63) is 23.8 Å². The molecule has 23 heavy (non-hydrogen) atoms. The van der Waals surface area contributed by atoms with Gasteiger partial charge in [-0.2, -0.15) is 0 Å². The highest BCUT2D eigenvalue weighted by molar-refractivity contribution is 5.99. The Hall–Kier alpha value is -2.08. The van der Waals surface area contributed by atoms with Gasteiger partial charge in [-0.15, -0.1) is 0 Å². The van der Waals surface area contributed by atoms with Crippen LogP contribution in [-0.4, -0.2) is 42.5 Å². The Morgan fingerprint density at radius 2 is 2.00 bits per heavy atom. The number of carbonyl (C=O) groups is 2. The number of nitrogens with two attached hydrogens (primary N) is 1. The van der Waals surface area contributed by atoms with Crippen molar-refractivity contribution in [3.8, 4) is 5.75 Å². The van der Waals surface area contributed by atoms with E-state index in [-0.39, 0.29) is 11.8 Å². The Morgan fingerprint density at radius 3 is 2.61 bits per heavy atom. The molecular weight excluding hydrogens is 294 g/mol. The SMILES string of the molecule is CCOc1ccc(C(=O)N2CCCCC2)cc1NC(=O)[C@H](C)N. The van der Waals surface area contributed by atoms with E-state index in [1.807, 2.05) is 11.8 Å². The Balaban J connectivity index is 2.23. The Labute approximate surface area is 137 Å². The van der Waals surface area contributed by atoms with Crippen LogP contribution in [0, 0.1) is 0 Å². The molecule has 2 rings (SSSR count). The fourth-order valence-electron chi connectivity index (χ4n) is 2.57. The number of rotatable bonds is 5. The molecular formula is C17H25N3O3. The zero-order valence-corrected chi connectivity index (χ0v) is 13.8. The van der Waals surface area contributed by atoms with Crippen molar-refractivity contribution >= 4 is 17.5 Å². The van der Waals surface area contributed by atoms with E-state index in [2.05, 4.69) is 5.32 Å². The van der Waals surface area contributed by atoms with Gasteiger partial charge in [-0.3, -0.25) is 9.59 Å². The lowest BCUT2D eigenvalue weighted by Gasteiger charge is -2.27. The molecule has 1 aromatic rings. The Kier molecular flexibility index (Phi) is 5.98. The van der Waals surface area contributed by atoms with E-state index in [0.29, 0.717) is 23.6 Å². The van der Waals surface area contributed by atoms with Gasteiger partial charge in [0.2, 0.25) is 5.91 Å². The van der Waals surface area contributed by atoms with Crippen LogP contribution in [0.3, 0.4) is 0 Å². The van der Waals surface area contributed by atoms with Crippen LogP contribution in [0.5, 0.6) is 5.75 Å². The highest BCUT2D eigenvalue weighted by Gasteiger charge is 2.20. The average molecular weight is 319 g/mol. The number of piperidine rings is 1. The number of likely N-dealkylation sites (tertiary alicyclic amines) is 1. The molecule has 2 amide bonds. The molecule has 1 fully saturated rings. The monoisotopic (exact) mass is 319 g/mol. The molecule has 0 bridgehead atoms. The molecule has 0 aliphatic carbocycles. The van der Waals surface area contributed by atoms with Gasteiger partial charge in [0.1, 0.15) is 5.75 Å². The minimum absolute atomic E-state index is 0.0101. The molecule has 6 heteroatoms. The van der Waals surface area contributed by atoms with E-state index < -0.39 is 6.04 Å². The van der Waals surface area contributed by atoms with E-state index in [1.54, 1.807) is 25.1 Å². The number of hydrogen-bond donors (Lipinski definition) is 2. The minimum atomic E-state index is -0.633. The summed E-state index contributed by atoms with van der Waals surface area (Å²) >= 11 is 0. The first-order valence-corrected chi connectivity index (χ1v) is 8.15.